The molecule has 2 heterocycles. The molecule has 1 saturated heterocycles. The topological polar surface area (TPSA) is 71.5 Å². The van der Waals surface area contributed by atoms with Crippen LogP contribution in [0.2, 0.25) is 0 Å². The molecule has 1 aliphatic carbocycles. The number of hydrogen-bond acceptors (Lipinski definition) is 5. The van der Waals surface area contributed by atoms with Crippen LogP contribution in [0.5, 0.6) is 0 Å². The van der Waals surface area contributed by atoms with Crippen molar-refractivity contribution < 1.29 is 13.2 Å². The summed E-state index contributed by atoms with van der Waals surface area (Å²) in [5, 5.41) is 0. The number of sulfonamides is 1. The van der Waals surface area contributed by atoms with Gasteiger partial charge in [-0.25, -0.2) is 18.1 Å². The molecule has 1 aromatic heterocycles. The molecule has 1 N–H and O–H groups in total. The van der Waals surface area contributed by atoms with Crippen molar-refractivity contribution in [3.63, 3.8) is 0 Å². The van der Waals surface area contributed by atoms with Crippen LogP contribution in [0.3, 0.4) is 0 Å². The molecular weight excluding hydrogens is 410 g/mol. The Morgan fingerprint density at radius 2 is 1.84 bits per heavy atom. The number of aryl methyl sites for hydroxylation is 1. The molecule has 1 aliphatic heterocycles. The Morgan fingerprint density at radius 3 is 2.52 bits per heavy atom. The van der Waals surface area contributed by atoms with E-state index in [1.807, 2.05) is 19.2 Å². The first-order valence-electron chi connectivity index (χ1n) is 11.2. The second-order valence-corrected chi connectivity index (χ2v) is 10.7. The van der Waals surface area contributed by atoms with E-state index in [9.17, 15) is 8.42 Å². The Kier molecular flexibility index (Phi) is 6.94. The Labute approximate surface area is 186 Å². The molecule has 0 radical (unpaired) electrons. The lowest BCUT2D eigenvalue weighted by atomic mass is 9.83. The van der Waals surface area contributed by atoms with E-state index in [-0.39, 0.29) is 18.2 Å². The van der Waals surface area contributed by atoms with Gasteiger partial charge < -0.3 is 9.64 Å². The molecule has 2 aromatic rings. The molecule has 6 nitrogen and oxygen atoms in total. The number of anilines is 1. The molecule has 0 unspecified atom stereocenters. The number of pyridine rings is 1. The molecule has 168 valence electrons. The van der Waals surface area contributed by atoms with E-state index in [2.05, 4.69) is 51.0 Å². The maximum atomic E-state index is 11.9. The van der Waals surface area contributed by atoms with Crippen LogP contribution in [0.4, 0.5) is 5.82 Å². The summed E-state index contributed by atoms with van der Waals surface area (Å²) in [5.74, 6) is 1.50. The average Bonchev–Trinajstić information content (AvgIpc) is 3.14. The summed E-state index contributed by atoms with van der Waals surface area (Å²) in [6, 6.07) is 14.5. The highest BCUT2D eigenvalue weighted by molar-refractivity contribution is 7.88. The van der Waals surface area contributed by atoms with Crippen molar-refractivity contribution in [2.24, 2.45) is 0 Å². The Balaban J connectivity index is 1.39. The number of nitrogens with one attached hydrogen (secondary N) is 1. The molecule has 4 rings (SSSR count). The van der Waals surface area contributed by atoms with Crippen LogP contribution >= 0.6 is 0 Å². The van der Waals surface area contributed by atoms with Crippen molar-refractivity contribution in [3.8, 4) is 0 Å². The molecule has 2 aliphatic rings. The van der Waals surface area contributed by atoms with Gasteiger partial charge in [-0.05, 0) is 68.2 Å². The molecule has 31 heavy (non-hydrogen) atoms. The van der Waals surface area contributed by atoms with Crippen molar-refractivity contribution in [1.29, 1.82) is 0 Å². The van der Waals surface area contributed by atoms with Gasteiger partial charge in [0, 0.05) is 18.8 Å². The standard InChI is InChI=1S/C24H33N3O3S/c1-18-12-14-25-24(16-18)27-15-13-22(26-31(2,28)29)23(27)17-30-21-10-8-20(9-11-21)19-6-4-3-5-7-19/h3-7,12,14,16,20-23,26H,8-11,13,15,17H2,1-2H3/t20-,21+,22-,23-/m0/s1. The van der Waals surface area contributed by atoms with Gasteiger partial charge in [0.2, 0.25) is 10.0 Å². The lowest BCUT2D eigenvalue weighted by molar-refractivity contribution is 0.0156. The maximum Gasteiger partial charge on any atom is 0.209 e. The zero-order valence-electron chi connectivity index (χ0n) is 18.4. The largest absolute Gasteiger partial charge is 0.376 e. The van der Waals surface area contributed by atoms with Crippen molar-refractivity contribution >= 4 is 15.8 Å². The molecule has 2 fully saturated rings. The summed E-state index contributed by atoms with van der Waals surface area (Å²) in [5.41, 5.74) is 2.56. The zero-order chi connectivity index (χ0) is 21.8. The van der Waals surface area contributed by atoms with Gasteiger partial charge in [-0.1, -0.05) is 30.3 Å². The lowest BCUT2D eigenvalue weighted by Gasteiger charge is -2.33. The average molecular weight is 444 g/mol. The molecule has 2 atom stereocenters. The predicted octanol–water partition coefficient (Wildman–Crippen LogP) is 3.63. The molecule has 0 amide bonds. The van der Waals surface area contributed by atoms with Crippen LogP contribution < -0.4 is 9.62 Å². The highest BCUT2D eigenvalue weighted by Crippen LogP contribution is 2.34. The highest BCUT2D eigenvalue weighted by atomic mass is 32.2. The Morgan fingerprint density at radius 1 is 1.10 bits per heavy atom. The number of benzene rings is 1. The van der Waals surface area contributed by atoms with Crippen molar-refractivity contribution in [2.75, 3.05) is 24.3 Å². The van der Waals surface area contributed by atoms with E-state index >= 15 is 0 Å². The van der Waals surface area contributed by atoms with Crippen LogP contribution in [0.1, 0.15) is 49.1 Å². The Bertz CT molecular complexity index is 959. The first kappa shape index (κ1) is 22.2. The maximum absolute atomic E-state index is 11.9. The summed E-state index contributed by atoms with van der Waals surface area (Å²) in [6.45, 7) is 3.31. The van der Waals surface area contributed by atoms with Gasteiger partial charge in [-0.15, -0.1) is 0 Å². The first-order valence-corrected chi connectivity index (χ1v) is 13.1. The van der Waals surface area contributed by atoms with E-state index in [1.165, 1.54) is 11.8 Å². The molecule has 0 spiro atoms. The minimum Gasteiger partial charge on any atom is -0.376 e. The number of hydrogen-bond donors (Lipinski definition) is 1. The van der Waals surface area contributed by atoms with Gasteiger partial charge in [0.1, 0.15) is 5.82 Å². The van der Waals surface area contributed by atoms with Crippen molar-refractivity contribution in [2.45, 2.75) is 63.1 Å². The number of rotatable bonds is 7. The smallest absolute Gasteiger partial charge is 0.209 e. The van der Waals surface area contributed by atoms with Crippen LogP contribution in [-0.4, -0.2) is 51.0 Å². The third kappa shape index (κ3) is 5.84. The van der Waals surface area contributed by atoms with E-state index in [1.54, 1.807) is 0 Å². The monoisotopic (exact) mass is 443 g/mol. The van der Waals surface area contributed by atoms with Gasteiger partial charge in [0.25, 0.3) is 0 Å². The third-order valence-electron chi connectivity index (χ3n) is 6.55. The number of nitrogens with zero attached hydrogens (tertiary/aromatic N) is 2. The molecule has 1 aromatic carbocycles. The van der Waals surface area contributed by atoms with Crippen LogP contribution in [0, 0.1) is 6.92 Å². The van der Waals surface area contributed by atoms with Gasteiger partial charge in [0.15, 0.2) is 0 Å². The predicted molar refractivity (Wildman–Crippen MR) is 124 cm³/mol. The minimum absolute atomic E-state index is 0.0594. The van der Waals surface area contributed by atoms with Gasteiger partial charge in [-0.2, -0.15) is 0 Å². The fraction of sp³-hybridized carbons (Fsp3) is 0.542. The Hall–Kier alpha value is -1.96. The lowest BCUT2D eigenvalue weighted by Crippen LogP contribution is -2.48. The zero-order valence-corrected chi connectivity index (χ0v) is 19.2. The fourth-order valence-electron chi connectivity index (χ4n) is 4.96. The summed E-state index contributed by atoms with van der Waals surface area (Å²) in [4.78, 5) is 6.73. The van der Waals surface area contributed by atoms with Crippen molar-refractivity contribution in [1.82, 2.24) is 9.71 Å². The van der Waals surface area contributed by atoms with Gasteiger partial charge in [0.05, 0.1) is 25.0 Å². The highest BCUT2D eigenvalue weighted by Gasteiger charge is 2.37. The van der Waals surface area contributed by atoms with Crippen LogP contribution in [0.25, 0.3) is 0 Å². The summed E-state index contributed by atoms with van der Waals surface area (Å²) < 4.78 is 33.0. The normalized spacial score (nSPS) is 26.8. The molecular formula is C24H33N3O3S. The SMILES string of the molecule is Cc1ccnc(N2CC[C@H](NS(C)(=O)=O)[C@@H]2CO[C@H]2CC[C@@H](c3ccccc3)CC2)c1. The number of aromatic nitrogens is 1. The van der Waals surface area contributed by atoms with E-state index in [0.29, 0.717) is 12.5 Å². The van der Waals surface area contributed by atoms with Crippen molar-refractivity contribution in [3.05, 3.63) is 59.8 Å². The molecule has 1 saturated carbocycles. The van der Waals surface area contributed by atoms with Gasteiger partial charge >= 0.3 is 0 Å². The van der Waals surface area contributed by atoms with E-state index in [4.69, 9.17) is 4.74 Å². The first-order chi connectivity index (χ1) is 14.9. The quantitative estimate of drug-likeness (QED) is 0.708. The second-order valence-electron chi connectivity index (χ2n) is 8.95. The van der Waals surface area contributed by atoms with Gasteiger partial charge in [-0.3, -0.25) is 0 Å². The fourth-order valence-corrected chi connectivity index (χ4v) is 5.78. The second kappa shape index (κ2) is 9.67. The molecule has 0 bridgehead atoms. The third-order valence-corrected chi connectivity index (χ3v) is 7.29. The van der Waals surface area contributed by atoms with Crippen LogP contribution in [-0.2, 0) is 14.8 Å². The number of ether oxygens (including phenoxy) is 1. The van der Waals surface area contributed by atoms with E-state index < -0.39 is 10.0 Å². The summed E-state index contributed by atoms with van der Waals surface area (Å²) in [6.07, 6.45) is 8.36. The summed E-state index contributed by atoms with van der Waals surface area (Å²) in [7, 11) is -3.29. The molecule has 7 heteroatoms. The van der Waals surface area contributed by atoms with E-state index in [0.717, 1.165) is 50.0 Å². The minimum atomic E-state index is -3.29. The summed E-state index contributed by atoms with van der Waals surface area (Å²) >= 11 is 0. The van der Waals surface area contributed by atoms with Crippen LogP contribution in [0.15, 0.2) is 48.7 Å².